The first-order valence-electron chi connectivity index (χ1n) is 15.8. The van der Waals surface area contributed by atoms with E-state index in [-0.39, 0.29) is 40.6 Å². The highest BCUT2D eigenvalue weighted by Gasteiger charge is 2.49. The average Bonchev–Trinajstić information content (AvgIpc) is 3.48. The molecule has 3 aliphatic rings. The summed E-state index contributed by atoms with van der Waals surface area (Å²) >= 11 is 0. The number of rotatable bonds is 5. The number of alkyl halides is 1. The van der Waals surface area contributed by atoms with Crippen LogP contribution < -0.4 is 9.64 Å². The standard InChI is InChI=1S/C36H37F3N4O2/c1-4-26-30(38)11-8-23-14-25(44)15-29(31(23)26)27-9-10-28-33(32(27)39)40-35(41-34(28)42-17-21(2)6-7-22(3)18-42)45-20-36-12-5-13-43(36)19-24(37)16-36/h1,8-11,14-15,21-22,24,44H,5-7,12-13,16-20H2,2-3H3/t21?,22?,24-,36+/m1/s1. The topological polar surface area (TPSA) is 61.7 Å². The van der Waals surface area contributed by atoms with E-state index in [9.17, 15) is 13.9 Å². The molecular weight excluding hydrogens is 577 g/mol. The number of nitrogens with zero attached hydrogens (tertiary/aromatic N) is 4. The maximum Gasteiger partial charge on any atom is 0.319 e. The average molecular weight is 615 g/mol. The van der Waals surface area contributed by atoms with E-state index in [1.807, 2.05) is 0 Å². The summed E-state index contributed by atoms with van der Waals surface area (Å²) in [6, 6.07) is 9.05. The van der Waals surface area contributed by atoms with Gasteiger partial charge in [0, 0.05) is 42.4 Å². The zero-order valence-electron chi connectivity index (χ0n) is 25.6. The molecule has 45 heavy (non-hydrogen) atoms. The van der Waals surface area contributed by atoms with Crippen molar-refractivity contribution >= 4 is 27.5 Å². The number of halogens is 3. The molecule has 7 rings (SSSR count). The van der Waals surface area contributed by atoms with Gasteiger partial charge in [0.25, 0.3) is 0 Å². The van der Waals surface area contributed by atoms with E-state index in [1.54, 1.807) is 12.1 Å². The van der Waals surface area contributed by atoms with Crippen molar-refractivity contribution in [2.45, 2.75) is 57.7 Å². The Kier molecular flexibility index (Phi) is 7.52. The predicted molar refractivity (Wildman–Crippen MR) is 170 cm³/mol. The molecule has 234 valence electrons. The van der Waals surface area contributed by atoms with Gasteiger partial charge in [-0.1, -0.05) is 31.9 Å². The number of phenols is 1. The Morgan fingerprint density at radius 2 is 1.82 bits per heavy atom. The van der Waals surface area contributed by atoms with Gasteiger partial charge < -0.3 is 14.7 Å². The van der Waals surface area contributed by atoms with Crippen LogP contribution in [0.4, 0.5) is 19.0 Å². The summed E-state index contributed by atoms with van der Waals surface area (Å²) < 4.78 is 52.5. The molecule has 3 saturated heterocycles. The van der Waals surface area contributed by atoms with Crippen molar-refractivity contribution in [3.63, 3.8) is 0 Å². The van der Waals surface area contributed by atoms with Gasteiger partial charge in [0.15, 0.2) is 5.82 Å². The van der Waals surface area contributed by atoms with E-state index in [1.165, 1.54) is 24.3 Å². The maximum atomic E-state index is 16.9. The molecule has 6 nitrogen and oxygen atoms in total. The van der Waals surface area contributed by atoms with Gasteiger partial charge in [-0.25, -0.2) is 13.2 Å². The summed E-state index contributed by atoms with van der Waals surface area (Å²) in [7, 11) is 0. The molecule has 0 amide bonds. The predicted octanol–water partition coefficient (Wildman–Crippen LogP) is 7.24. The van der Waals surface area contributed by atoms with Gasteiger partial charge in [-0.3, -0.25) is 4.90 Å². The lowest BCUT2D eigenvalue weighted by atomic mass is 9.93. The van der Waals surface area contributed by atoms with E-state index in [2.05, 4.69) is 34.6 Å². The Morgan fingerprint density at radius 1 is 1.04 bits per heavy atom. The SMILES string of the molecule is C#Cc1c(F)ccc2cc(O)cc(-c3ccc4c(N5CC(C)CCC(C)C5)nc(OC[C@@]56CCCN5C[C@H](F)C6)nc4c3F)c12. The first-order chi connectivity index (χ1) is 21.7. The van der Waals surface area contributed by atoms with Crippen LogP contribution in [0.1, 0.15) is 51.5 Å². The Bertz CT molecular complexity index is 1830. The zero-order valence-corrected chi connectivity index (χ0v) is 25.6. The van der Waals surface area contributed by atoms with Crippen molar-refractivity contribution in [1.29, 1.82) is 0 Å². The monoisotopic (exact) mass is 614 g/mol. The largest absolute Gasteiger partial charge is 0.508 e. The lowest BCUT2D eigenvalue weighted by Gasteiger charge is -2.31. The smallest absolute Gasteiger partial charge is 0.319 e. The molecule has 1 aromatic heterocycles. The van der Waals surface area contributed by atoms with E-state index in [0.29, 0.717) is 46.8 Å². The number of terminal acetylenes is 1. The minimum atomic E-state index is -0.906. The minimum absolute atomic E-state index is 0.00922. The minimum Gasteiger partial charge on any atom is -0.508 e. The summed E-state index contributed by atoms with van der Waals surface area (Å²) in [5.74, 6) is 2.46. The molecule has 0 saturated carbocycles. The molecule has 0 radical (unpaired) electrons. The number of hydrogen-bond acceptors (Lipinski definition) is 6. The molecule has 0 bridgehead atoms. The van der Waals surface area contributed by atoms with Crippen LogP contribution >= 0.6 is 0 Å². The number of hydrogen-bond donors (Lipinski definition) is 1. The van der Waals surface area contributed by atoms with Gasteiger partial charge >= 0.3 is 6.01 Å². The lowest BCUT2D eigenvalue weighted by molar-refractivity contribution is 0.107. The van der Waals surface area contributed by atoms with Crippen LogP contribution in [0, 0.1) is 35.8 Å². The molecule has 3 fully saturated rings. The van der Waals surface area contributed by atoms with Gasteiger partial charge in [-0.2, -0.15) is 9.97 Å². The maximum absolute atomic E-state index is 16.9. The number of ether oxygens (including phenoxy) is 1. The van der Waals surface area contributed by atoms with Gasteiger partial charge in [0.1, 0.15) is 35.7 Å². The van der Waals surface area contributed by atoms with Crippen molar-refractivity contribution < 1.29 is 23.0 Å². The number of aromatic nitrogens is 2. The van der Waals surface area contributed by atoms with Crippen molar-refractivity contribution in [3.05, 3.63) is 53.6 Å². The van der Waals surface area contributed by atoms with Crippen LogP contribution in [-0.4, -0.2) is 64.5 Å². The second kappa shape index (κ2) is 11.4. The molecule has 4 heterocycles. The van der Waals surface area contributed by atoms with Gasteiger partial charge in [0.2, 0.25) is 0 Å². The number of aromatic hydroxyl groups is 1. The molecule has 3 aromatic carbocycles. The molecule has 0 aliphatic carbocycles. The summed E-state index contributed by atoms with van der Waals surface area (Å²) in [4.78, 5) is 13.8. The van der Waals surface area contributed by atoms with Crippen LogP contribution in [0.2, 0.25) is 0 Å². The summed E-state index contributed by atoms with van der Waals surface area (Å²) in [6.07, 6.45) is 9.16. The quantitative estimate of drug-likeness (QED) is 0.239. The first-order valence-corrected chi connectivity index (χ1v) is 15.8. The van der Waals surface area contributed by atoms with Crippen LogP contribution in [0.5, 0.6) is 11.8 Å². The second-order valence-electron chi connectivity index (χ2n) is 13.4. The van der Waals surface area contributed by atoms with E-state index >= 15 is 4.39 Å². The summed E-state index contributed by atoms with van der Waals surface area (Å²) in [5, 5.41) is 11.9. The number of phenolic OH excluding ortho intramolecular Hbond substituents is 1. The third-order valence-corrected chi connectivity index (χ3v) is 10.00. The van der Waals surface area contributed by atoms with E-state index < -0.39 is 23.3 Å². The Labute approximate surface area is 261 Å². The van der Waals surface area contributed by atoms with Crippen molar-refractivity contribution in [2.75, 3.05) is 37.7 Å². The fraction of sp³-hybridized carbons (Fsp3) is 0.444. The fourth-order valence-electron chi connectivity index (χ4n) is 7.82. The van der Waals surface area contributed by atoms with Gasteiger partial charge in [0.05, 0.1) is 11.1 Å². The highest BCUT2D eigenvalue weighted by molar-refractivity contribution is 6.04. The highest BCUT2D eigenvalue weighted by Crippen LogP contribution is 2.42. The van der Waals surface area contributed by atoms with Crippen LogP contribution in [0.25, 0.3) is 32.8 Å². The molecule has 4 aromatic rings. The Hall–Kier alpha value is -4.03. The van der Waals surface area contributed by atoms with Crippen molar-refractivity contribution in [2.24, 2.45) is 11.8 Å². The first kappa shape index (κ1) is 29.7. The second-order valence-corrected chi connectivity index (χ2v) is 13.4. The van der Waals surface area contributed by atoms with E-state index in [4.69, 9.17) is 16.1 Å². The van der Waals surface area contributed by atoms with Gasteiger partial charge in [-0.05, 0) is 79.3 Å². The molecule has 4 atom stereocenters. The van der Waals surface area contributed by atoms with Crippen LogP contribution in [-0.2, 0) is 0 Å². The third-order valence-electron chi connectivity index (χ3n) is 10.00. The van der Waals surface area contributed by atoms with E-state index in [0.717, 1.165) is 45.3 Å². The normalized spacial score (nSPS) is 25.4. The molecular formula is C36H37F3N4O2. The van der Waals surface area contributed by atoms with Crippen LogP contribution in [0.15, 0.2) is 36.4 Å². The highest BCUT2D eigenvalue weighted by atomic mass is 19.1. The Morgan fingerprint density at radius 3 is 2.58 bits per heavy atom. The molecule has 0 spiro atoms. The van der Waals surface area contributed by atoms with Crippen molar-refractivity contribution in [1.82, 2.24) is 14.9 Å². The number of anilines is 1. The number of fused-ring (bicyclic) bond motifs is 3. The molecule has 2 unspecified atom stereocenters. The summed E-state index contributed by atoms with van der Waals surface area (Å²) in [6.45, 7) is 7.36. The third kappa shape index (κ3) is 5.23. The zero-order chi connectivity index (χ0) is 31.5. The fourth-order valence-corrected chi connectivity index (χ4v) is 7.82. The molecule has 1 N–H and O–H groups in total. The van der Waals surface area contributed by atoms with Gasteiger partial charge in [-0.15, -0.1) is 6.42 Å². The van der Waals surface area contributed by atoms with Crippen LogP contribution in [0.3, 0.4) is 0 Å². The molecule has 9 heteroatoms. The summed E-state index contributed by atoms with van der Waals surface area (Å²) in [5.41, 5.74) is 0.0141. The van der Waals surface area contributed by atoms with Crippen molar-refractivity contribution in [3.8, 4) is 35.2 Å². The lowest BCUT2D eigenvalue weighted by Crippen LogP contribution is -2.43. The Balaban J connectivity index is 1.39. The number of benzene rings is 3. The molecule has 3 aliphatic heterocycles.